The number of amides is 1. The van der Waals surface area contributed by atoms with Gasteiger partial charge in [-0.05, 0) is 32.6 Å². The number of nitrogens with two attached hydrogens (primary N) is 2. The maximum Gasteiger partial charge on any atom is 0.219 e. The molecule has 1 unspecified atom stereocenters. The Hall–Kier alpha value is -0.610. The summed E-state index contributed by atoms with van der Waals surface area (Å²) in [4.78, 5) is 13.3. The van der Waals surface area contributed by atoms with E-state index in [1.807, 2.05) is 0 Å². The minimum Gasteiger partial charge on any atom is -0.370 e. The Morgan fingerprint density at radius 3 is 2.40 bits per heavy atom. The summed E-state index contributed by atoms with van der Waals surface area (Å²) in [6.07, 6.45) is 3.01. The first-order valence-electron chi connectivity index (χ1n) is 5.78. The Morgan fingerprint density at radius 2 is 2.07 bits per heavy atom. The number of carbonyl (C=O) groups excluding carboxylic acids is 1. The van der Waals surface area contributed by atoms with Crippen LogP contribution in [0.4, 0.5) is 0 Å². The number of nitrogens with zero attached hydrogens (tertiary/aromatic N) is 1. The summed E-state index contributed by atoms with van der Waals surface area (Å²) in [7, 11) is 0. The van der Waals surface area contributed by atoms with Crippen LogP contribution in [-0.2, 0) is 4.79 Å². The van der Waals surface area contributed by atoms with Gasteiger partial charge in [0.25, 0.3) is 0 Å². The van der Waals surface area contributed by atoms with Crippen LogP contribution in [0.15, 0.2) is 0 Å². The highest BCUT2D eigenvalue weighted by Gasteiger charge is 2.29. The lowest BCUT2D eigenvalue weighted by molar-refractivity contribution is -0.119. The van der Waals surface area contributed by atoms with E-state index in [0.29, 0.717) is 19.0 Å². The molecule has 0 aliphatic heterocycles. The molecular formula is C11H23N3O. The van der Waals surface area contributed by atoms with E-state index in [4.69, 9.17) is 11.5 Å². The second kappa shape index (κ2) is 5.47. The standard InChI is InChI=1S/C11H23N3O/c1-8(2)14(7-9-3-4-9)10(6-12)5-11(13)15/h8-10H,3-7,12H2,1-2H3,(H2,13,15). The fraction of sp³-hybridized carbons (Fsp3) is 0.909. The quantitative estimate of drug-likeness (QED) is 0.639. The molecule has 15 heavy (non-hydrogen) atoms. The maximum absolute atomic E-state index is 10.9. The van der Waals surface area contributed by atoms with Gasteiger partial charge in [0, 0.05) is 31.6 Å². The molecule has 88 valence electrons. The van der Waals surface area contributed by atoms with Crippen LogP contribution in [0.25, 0.3) is 0 Å². The van der Waals surface area contributed by atoms with Crippen molar-refractivity contribution in [2.24, 2.45) is 17.4 Å². The van der Waals surface area contributed by atoms with E-state index in [1.54, 1.807) is 0 Å². The average molecular weight is 213 g/mol. The highest BCUT2D eigenvalue weighted by molar-refractivity contribution is 5.74. The number of rotatable bonds is 7. The fourth-order valence-electron chi connectivity index (χ4n) is 1.95. The molecule has 0 aromatic rings. The van der Waals surface area contributed by atoms with Gasteiger partial charge in [0.2, 0.25) is 5.91 Å². The van der Waals surface area contributed by atoms with Gasteiger partial charge in [-0.3, -0.25) is 9.69 Å². The first-order valence-corrected chi connectivity index (χ1v) is 5.78. The van der Waals surface area contributed by atoms with Crippen LogP contribution in [0, 0.1) is 5.92 Å². The van der Waals surface area contributed by atoms with E-state index in [9.17, 15) is 4.79 Å². The molecule has 0 heterocycles. The van der Waals surface area contributed by atoms with E-state index in [2.05, 4.69) is 18.7 Å². The van der Waals surface area contributed by atoms with Crippen LogP contribution < -0.4 is 11.5 Å². The molecule has 1 amide bonds. The van der Waals surface area contributed by atoms with Crippen LogP contribution in [0.1, 0.15) is 33.1 Å². The highest BCUT2D eigenvalue weighted by atomic mass is 16.1. The molecule has 0 aromatic carbocycles. The molecule has 0 saturated heterocycles. The van der Waals surface area contributed by atoms with E-state index < -0.39 is 0 Å². The molecule has 0 spiro atoms. The smallest absolute Gasteiger partial charge is 0.219 e. The van der Waals surface area contributed by atoms with Gasteiger partial charge in [0.15, 0.2) is 0 Å². The SMILES string of the molecule is CC(C)N(CC1CC1)C(CN)CC(N)=O. The van der Waals surface area contributed by atoms with Gasteiger partial charge in [-0.15, -0.1) is 0 Å². The molecule has 0 radical (unpaired) electrons. The first-order chi connectivity index (χ1) is 7.04. The Morgan fingerprint density at radius 1 is 1.47 bits per heavy atom. The monoisotopic (exact) mass is 213 g/mol. The lowest BCUT2D eigenvalue weighted by Crippen LogP contribution is -2.47. The zero-order chi connectivity index (χ0) is 11.4. The van der Waals surface area contributed by atoms with Crippen molar-refractivity contribution in [3.63, 3.8) is 0 Å². The van der Waals surface area contributed by atoms with Gasteiger partial charge < -0.3 is 11.5 Å². The topological polar surface area (TPSA) is 72.3 Å². The summed E-state index contributed by atoms with van der Waals surface area (Å²) >= 11 is 0. The molecule has 4 heteroatoms. The molecule has 1 aliphatic carbocycles. The predicted molar refractivity (Wildman–Crippen MR) is 61.2 cm³/mol. The molecule has 0 bridgehead atoms. The number of hydrogen-bond donors (Lipinski definition) is 2. The second-order valence-electron chi connectivity index (χ2n) is 4.79. The third kappa shape index (κ3) is 4.18. The van der Waals surface area contributed by atoms with Crippen molar-refractivity contribution in [1.82, 2.24) is 4.90 Å². The van der Waals surface area contributed by atoms with Gasteiger partial charge in [-0.1, -0.05) is 0 Å². The normalized spacial score (nSPS) is 18.5. The summed E-state index contributed by atoms with van der Waals surface area (Å²) in [5.74, 6) is 0.557. The summed E-state index contributed by atoms with van der Waals surface area (Å²) in [5.41, 5.74) is 10.9. The maximum atomic E-state index is 10.9. The van der Waals surface area contributed by atoms with Crippen LogP contribution in [0.5, 0.6) is 0 Å². The Bertz CT molecular complexity index is 214. The minimum absolute atomic E-state index is 0.114. The molecule has 4 nitrogen and oxygen atoms in total. The molecular weight excluding hydrogens is 190 g/mol. The second-order valence-corrected chi connectivity index (χ2v) is 4.79. The van der Waals surface area contributed by atoms with Gasteiger partial charge in [0.1, 0.15) is 0 Å². The zero-order valence-electron chi connectivity index (χ0n) is 9.78. The van der Waals surface area contributed by atoms with Crippen LogP contribution in [-0.4, -0.2) is 36.0 Å². The van der Waals surface area contributed by atoms with E-state index in [0.717, 1.165) is 12.5 Å². The first kappa shape index (κ1) is 12.5. The molecule has 1 fully saturated rings. The van der Waals surface area contributed by atoms with Gasteiger partial charge >= 0.3 is 0 Å². The Kier molecular flexibility index (Phi) is 4.54. The third-order valence-corrected chi connectivity index (χ3v) is 3.01. The molecule has 1 saturated carbocycles. The summed E-state index contributed by atoms with van der Waals surface area (Å²) in [6.45, 7) is 5.86. The Labute approximate surface area is 92.0 Å². The van der Waals surface area contributed by atoms with Crippen molar-refractivity contribution >= 4 is 5.91 Å². The molecule has 4 N–H and O–H groups in total. The summed E-state index contributed by atoms with van der Waals surface area (Å²) in [5, 5.41) is 0. The third-order valence-electron chi connectivity index (χ3n) is 3.01. The van der Waals surface area contributed by atoms with Crippen molar-refractivity contribution in [2.75, 3.05) is 13.1 Å². The van der Waals surface area contributed by atoms with Gasteiger partial charge in [0.05, 0.1) is 0 Å². The number of hydrogen-bond acceptors (Lipinski definition) is 3. The van der Waals surface area contributed by atoms with E-state index in [-0.39, 0.29) is 11.9 Å². The lowest BCUT2D eigenvalue weighted by Gasteiger charge is -2.33. The molecule has 1 aliphatic rings. The predicted octanol–water partition coefficient (Wildman–Crippen LogP) is 0.310. The van der Waals surface area contributed by atoms with Crippen molar-refractivity contribution in [3.05, 3.63) is 0 Å². The molecule has 0 aromatic heterocycles. The van der Waals surface area contributed by atoms with Gasteiger partial charge in [-0.25, -0.2) is 0 Å². The highest BCUT2D eigenvalue weighted by Crippen LogP contribution is 2.31. The van der Waals surface area contributed by atoms with Crippen LogP contribution in [0.2, 0.25) is 0 Å². The Balaban J connectivity index is 2.52. The average Bonchev–Trinajstić information content (AvgIpc) is 2.93. The van der Waals surface area contributed by atoms with Crippen molar-refractivity contribution < 1.29 is 4.79 Å². The van der Waals surface area contributed by atoms with Crippen molar-refractivity contribution in [2.45, 2.75) is 45.2 Å². The van der Waals surface area contributed by atoms with E-state index >= 15 is 0 Å². The zero-order valence-corrected chi connectivity index (χ0v) is 9.78. The molecule has 1 rings (SSSR count). The van der Waals surface area contributed by atoms with E-state index in [1.165, 1.54) is 12.8 Å². The van der Waals surface area contributed by atoms with Crippen LogP contribution in [0.3, 0.4) is 0 Å². The van der Waals surface area contributed by atoms with Crippen LogP contribution >= 0.6 is 0 Å². The largest absolute Gasteiger partial charge is 0.370 e. The molecule has 1 atom stereocenters. The number of primary amides is 1. The van der Waals surface area contributed by atoms with Crippen molar-refractivity contribution in [1.29, 1.82) is 0 Å². The van der Waals surface area contributed by atoms with Crippen molar-refractivity contribution in [3.8, 4) is 0 Å². The summed E-state index contributed by atoms with van der Waals surface area (Å²) in [6, 6.07) is 0.543. The summed E-state index contributed by atoms with van der Waals surface area (Å²) < 4.78 is 0. The number of carbonyl (C=O) groups is 1. The lowest BCUT2D eigenvalue weighted by atomic mass is 10.1. The minimum atomic E-state index is -0.258. The van der Waals surface area contributed by atoms with Gasteiger partial charge in [-0.2, -0.15) is 0 Å². The fourth-order valence-corrected chi connectivity index (χ4v) is 1.95.